The lowest BCUT2D eigenvalue weighted by Gasteiger charge is -2.24. The number of carboxylic acids is 1. The van der Waals surface area contributed by atoms with Gasteiger partial charge < -0.3 is 15.7 Å². The molecule has 0 unspecified atom stereocenters. The van der Waals surface area contributed by atoms with Crippen molar-refractivity contribution in [1.82, 2.24) is 10.6 Å². The van der Waals surface area contributed by atoms with Crippen LogP contribution in [0.3, 0.4) is 0 Å². The molecule has 0 saturated heterocycles. The van der Waals surface area contributed by atoms with Crippen molar-refractivity contribution >= 4 is 12.0 Å². The second-order valence-corrected chi connectivity index (χ2v) is 6.03. The van der Waals surface area contributed by atoms with Gasteiger partial charge in [-0.05, 0) is 23.8 Å². The molecule has 0 radical (unpaired) electrons. The Bertz CT molecular complexity index is 496. The number of nitrogens with one attached hydrogen (secondary N) is 2. The number of rotatable bonds is 5. The first-order valence-electron chi connectivity index (χ1n) is 7.32. The lowest BCUT2D eigenvalue weighted by Crippen LogP contribution is -2.44. The van der Waals surface area contributed by atoms with Gasteiger partial charge in [0.05, 0.1) is 0 Å². The van der Waals surface area contributed by atoms with Gasteiger partial charge in [0.2, 0.25) is 0 Å². The minimum atomic E-state index is -1.07. The van der Waals surface area contributed by atoms with Gasteiger partial charge in [-0.15, -0.1) is 0 Å². The number of hydrogen-bond donors (Lipinski definition) is 3. The third-order valence-corrected chi connectivity index (χ3v) is 4.14. The number of carbonyl (C=O) groups excluding carboxylic acids is 1. The average Bonchev–Trinajstić information content (AvgIpc) is 2.90. The Morgan fingerprint density at radius 2 is 1.86 bits per heavy atom. The van der Waals surface area contributed by atoms with E-state index in [-0.39, 0.29) is 5.41 Å². The molecular formula is C16H22N2O3. The molecule has 1 aromatic rings. The van der Waals surface area contributed by atoms with Crippen molar-refractivity contribution in [2.45, 2.75) is 38.6 Å². The summed E-state index contributed by atoms with van der Waals surface area (Å²) in [4.78, 5) is 23.3. The molecule has 0 spiro atoms. The van der Waals surface area contributed by atoms with Crippen molar-refractivity contribution < 1.29 is 14.7 Å². The van der Waals surface area contributed by atoms with E-state index < -0.39 is 18.0 Å². The Labute approximate surface area is 124 Å². The molecular weight excluding hydrogens is 268 g/mol. The van der Waals surface area contributed by atoms with Crippen LogP contribution in [0.1, 0.15) is 44.2 Å². The highest BCUT2D eigenvalue weighted by atomic mass is 16.4. The molecule has 1 aromatic carbocycles. The minimum Gasteiger partial charge on any atom is -0.479 e. The highest BCUT2D eigenvalue weighted by Crippen LogP contribution is 2.36. The van der Waals surface area contributed by atoms with Gasteiger partial charge in [-0.2, -0.15) is 0 Å². The molecule has 1 aliphatic rings. The molecule has 1 fully saturated rings. The smallest absolute Gasteiger partial charge is 0.330 e. The molecule has 114 valence electrons. The predicted molar refractivity (Wildman–Crippen MR) is 79.9 cm³/mol. The first-order valence-corrected chi connectivity index (χ1v) is 7.32. The van der Waals surface area contributed by atoms with Gasteiger partial charge in [0.15, 0.2) is 6.04 Å². The Morgan fingerprint density at radius 3 is 2.43 bits per heavy atom. The molecule has 5 heteroatoms. The van der Waals surface area contributed by atoms with E-state index in [1.165, 1.54) is 12.8 Å². The van der Waals surface area contributed by atoms with Crippen molar-refractivity contribution in [3.63, 3.8) is 0 Å². The SMILES string of the molecule is CC1(CNC(=O)N[C@H](C(=O)O)c2ccccc2)CCCC1. The Kier molecular flexibility index (Phi) is 4.83. The fourth-order valence-electron chi connectivity index (χ4n) is 2.81. The molecule has 0 aromatic heterocycles. The number of hydrogen-bond acceptors (Lipinski definition) is 2. The van der Waals surface area contributed by atoms with Gasteiger partial charge in [-0.25, -0.2) is 9.59 Å². The van der Waals surface area contributed by atoms with E-state index in [0.717, 1.165) is 12.8 Å². The number of amides is 2. The highest BCUT2D eigenvalue weighted by Gasteiger charge is 2.29. The van der Waals surface area contributed by atoms with Gasteiger partial charge in [0.1, 0.15) is 0 Å². The zero-order valence-electron chi connectivity index (χ0n) is 12.3. The molecule has 5 nitrogen and oxygen atoms in total. The number of carboxylic acid groups (broad SMARTS) is 1. The molecule has 2 amide bonds. The van der Waals surface area contributed by atoms with Crippen LogP contribution < -0.4 is 10.6 Å². The molecule has 21 heavy (non-hydrogen) atoms. The van der Waals surface area contributed by atoms with Gasteiger partial charge in [0, 0.05) is 6.54 Å². The molecule has 0 aliphatic heterocycles. The number of aliphatic carboxylic acids is 1. The monoisotopic (exact) mass is 290 g/mol. The van der Waals surface area contributed by atoms with Crippen molar-refractivity contribution in [3.8, 4) is 0 Å². The summed E-state index contributed by atoms with van der Waals surface area (Å²) in [7, 11) is 0. The van der Waals surface area contributed by atoms with Crippen LogP contribution in [-0.4, -0.2) is 23.7 Å². The van der Waals surface area contributed by atoms with Crippen LogP contribution in [0.2, 0.25) is 0 Å². The normalized spacial score (nSPS) is 18.0. The van der Waals surface area contributed by atoms with E-state index in [4.69, 9.17) is 0 Å². The van der Waals surface area contributed by atoms with Crippen molar-refractivity contribution in [1.29, 1.82) is 0 Å². The maximum Gasteiger partial charge on any atom is 0.330 e. The fourth-order valence-corrected chi connectivity index (χ4v) is 2.81. The van der Waals surface area contributed by atoms with E-state index in [1.807, 2.05) is 6.07 Å². The van der Waals surface area contributed by atoms with Crippen LogP contribution in [-0.2, 0) is 4.79 Å². The quantitative estimate of drug-likeness (QED) is 0.780. The Morgan fingerprint density at radius 1 is 1.24 bits per heavy atom. The average molecular weight is 290 g/mol. The summed E-state index contributed by atoms with van der Waals surface area (Å²) in [5.74, 6) is -1.07. The largest absolute Gasteiger partial charge is 0.479 e. The number of carbonyl (C=O) groups is 2. The molecule has 1 aliphatic carbocycles. The second kappa shape index (κ2) is 6.61. The minimum absolute atomic E-state index is 0.142. The van der Waals surface area contributed by atoms with Gasteiger partial charge in [-0.3, -0.25) is 0 Å². The highest BCUT2D eigenvalue weighted by molar-refractivity contribution is 5.83. The van der Waals surface area contributed by atoms with Crippen LogP contribution >= 0.6 is 0 Å². The molecule has 2 rings (SSSR count). The van der Waals surface area contributed by atoms with Crippen molar-refractivity contribution in [2.75, 3.05) is 6.54 Å². The summed E-state index contributed by atoms with van der Waals surface area (Å²) in [6.07, 6.45) is 4.60. The van der Waals surface area contributed by atoms with Crippen molar-refractivity contribution in [3.05, 3.63) is 35.9 Å². The van der Waals surface area contributed by atoms with Gasteiger partial charge in [-0.1, -0.05) is 50.1 Å². The predicted octanol–water partition coefficient (Wildman–Crippen LogP) is 2.69. The first-order chi connectivity index (χ1) is 10.0. The summed E-state index contributed by atoms with van der Waals surface area (Å²) in [5, 5.41) is 14.6. The van der Waals surface area contributed by atoms with E-state index in [2.05, 4.69) is 17.6 Å². The molecule has 0 heterocycles. The van der Waals surface area contributed by atoms with E-state index >= 15 is 0 Å². The van der Waals surface area contributed by atoms with Crippen LogP contribution in [0.25, 0.3) is 0 Å². The van der Waals surface area contributed by atoms with Crippen LogP contribution in [0.15, 0.2) is 30.3 Å². The molecule has 3 N–H and O–H groups in total. The topological polar surface area (TPSA) is 78.4 Å². The van der Waals surface area contributed by atoms with E-state index in [9.17, 15) is 14.7 Å². The van der Waals surface area contributed by atoms with Crippen LogP contribution in [0, 0.1) is 5.41 Å². The zero-order chi connectivity index (χ0) is 15.3. The number of urea groups is 1. The van der Waals surface area contributed by atoms with Gasteiger partial charge >= 0.3 is 12.0 Å². The summed E-state index contributed by atoms with van der Waals surface area (Å²) in [5.41, 5.74) is 0.704. The van der Waals surface area contributed by atoms with Crippen LogP contribution in [0.5, 0.6) is 0 Å². The lowest BCUT2D eigenvalue weighted by atomic mass is 9.89. The number of benzene rings is 1. The Hall–Kier alpha value is -2.04. The van der Waals surface area contributed by atoms with E-state index in [1.54, 1.807) is 24.3 Å². The maximum absolute atomic E-state index is 11.9. The molecule has 0 bridgehead atoms. The zero-order valence-corrected chi connectivity index (χ0v) is 12.3. The third-order valence-electron chi connectivity index (χ3n) is 4.14. The summed E-state index contributed by atoms with van der Waals surface area (Å²) < 4.78 is 0. The summed E-state index contributed by atoms with van der Waals surface area (Å²) in [6.45, 7) is 2.74. The molecule has 1 saturated carbocycles. The second-order valence-electron chi connectivity index (χ2n) is 6.03. The van der Waals surface area contributed by atoms with Crippen LogP contribution in [0.4, 0.5) is 4.79 Å². The maximum atomic E-state index is 11.9. The van der Waals surface area contributed by atoms with Gasteiger partial charge in [0.25, 0.3) is 0 Å². The fraction of sp³-hybridized carbons (Fsp3) is 0.500. The summed E-state index contributed by atoms with van der Waals surface area (Å²) in [6, 6.07) is 7.24. The van der Waals surface area contributed by atoms with E-state index in [0.29, 0.717) is 12.1 Å². The lowest BCUT2D eigenvalue weighted by molar-refractivity contribution is -0.139. The summed E-state index contributed by atoms with van der Waals surface area (Å²) >= 11 is 0. The van der Waals surface area contributed by atoms with Crippen molar-refractivity contribution in [2.24, 2.45) is 5.41 Å². The first kappa shape index (κ1) is 15.4. The third kappa shape index (κ3) is 4.21. The Balaban J connectivity index is 1.91. The standard InChI is InChI=1S/C16H22N2O3/c1-16(9-5-6-10-16)11-17-15(21)18-13(14(19)20)12-7-3-2-4-8-12/h2-4,7-8,13H,5-6,9-11H2,1H3,(H,19,20)(H2,17,18,21)/t13-/m0/s1. The molecule has 1 atom stereocenters.